The van der Waals surface area contributed by atoms with Crippen molar-refractivity contribution in [1.29, 1.82) is 0 Å². The molecule has 0 radical (unpaired) electrons. The molecular formula is C9H21ClO2Si. The summed E-state index contributed by atoms with van der Waals surface area (Å²) in [6.07, 6.45) is 0.260. The van der Waals surface area contributed by atoms with Gasteiger partial charge in [0.25, 0.3) is 0 Å². The molecule has 2 nitrogen and oxygen atoms in total. The second-order valence-electron chi connectivity index (χ2n) is 4.07. The minimum Gasteiger partial charge on any atom is -0.380 e. The molecule has 0 amide bonds. The molecule has 0 rings (SSSR count). The molecule has 0 saturated heterocycles. The molecule has 0 aromatic rings. The largest absolute Gasteiger partial charge is 0.446 e. The molecule has 0 unspecified atom stereocenters. The molecule has 0 atom stereocenters. The standard InChI is InChI=1S/C9H21ClO2Si/c1-7(2)11-13(10,9(5)6)12-8(3)4/h7-9H,1-6H3. The fourth-order valence-corrected chi connectivity index (χ4v) is 3.90. The number of hydrogen-bond donors (Lipinski definition) is 0. The maximum absolute atomic E-state index is 6.36. The van der Waals surface area contributed by atoms with Crippen LogP contribution in [0.25, 0.3) is 0 Å². The average Bonchev–Trinajstić information content (AvgIpc) is 1.82. The molecule has 0 aromatic carbocycles. The van der Waals surface area contributed by atoms with Crippen molar-refractivity contribution in [2.45, 2.75) is 59.3 Å². The fraction of sp³-hybridized carbons (Fsp3) is 1.00. The Labute approximate surface area is 87.5 Å². The smallest absolute Gasteiger partial charge is 0.380 e. The van der Waals surface area contributed by atoms with Gasteiger partial charge in [-0.25, -0.2) is 0 Å². The second-order valence-corrected chi connectivity index (χ2v) is 8.44. The molecule has 0 saturated carbocycles. The summed E-state index contributed by atoms with van der Waals surface area (Å²) >= 11 is 6.36. The molecule has 0 spiro atoms. The van der Waals surface area contributed by atoms with Gasteiger partial charge in [0.2, 0.25) is 0 Å². The summed E-state index contributed by atoms with van der Waals surface area (Å²) in [7, 11) is -2.48. The van der Waals surface area contributed by atoms with Crippen molar-refractivity contribution in [2.75, 3.05) is 0 Å². The Kier molecular flexibility index (Phi) is 5.52. The van der Waals surface area contributed by atoms with E-state index in [-0.39, 0.29) is 17.7 Å². The highest BCUT2D eigenvalue weighted by molar-refractivity contribution is 7.13. The van der Waals surface area contributed by atoms with Crippen LogP contribution in [0, 0.1) is 0 Å². The fourth-order valence-electron chi connectivity index (χ4n) is 0.943. The highest BCUT2D eigenvalue weighted by Gasteiger charge is 2.41. The third-order valence-electron chi connectivity index (χ3n) is 1.48. The molecule has 0 aliphatic rings. The summed E-state index contributed by atoms with van der Waals surface area (Å²) in [6.45, 7) is 12.0. The van der Waals surface area contributed by atoms with Gasteiger partial charge in [0.15, 0.2) is 0 Å². The van der Waals surface area contributed by atoms with Crippen LogP contribution in [-0.2, 0) is 8.85 Å². The zero-order chi connectivity index (χ0) is 10.6. The minimum absolute atomic E-state index is 0.130. The van der Waals surface area contributed by atoms with E-state index in [1.165, 1.54) is 0 Å². The van der Waals surface area contributed by atoms with Gasteiger partial charge in [-0.1, -0.05) is 24.9 Å². The first kappa shape index (κ1) is 13.4. The van der Waals surface area contributed by atoms with Crippen molar-refractivity contribution in [1.82, 2.24) is 0 Å². The van der Waals surface area contributed by atoms with E-state index in [1.54, 1.807) is 0 Å². The van der Waals surface area contributed by atoms with Crippen molar-refractivity contribution < 1.29 is 8.85 Å². The molecule has 4 heteroatoms. The maximum Gasteiger partial charge on any atom is 0.446 e. The van der Waals surface area contributed by atoms with E-state index >= 15 is 0 Å². The predicted octanol–water partition coefficient (Wildman–Crippen LogP) is 3.42. The van der Waals surface area contributed by atoms with Gasteiger partial charge in [0, 0.05) is 17.7 Å². The number of rotatable bonds is 5. The molecule has 0 N–H and O–H groups in total. The zero-order valence-electron chi connectivity index (χ0n) is 9.43. The summed E-state index contributed by atoms with van der Waals surface area (Å²) in [5.41, 5.74) is 0.263. The lowest BCUT2D eigenvalue weighted by atomic mass is 10.5. The normalized spacial score (nSPS) is 13.4. The van der Waals surface area contributed by atoms with Crippen LogP contribution < -0.4 is 0 Å². The first-order valence-corrected chi connectivity index (χ1v) is 7.73. The lowest BCUT2D eigenvalue weighted by molar-refractivity contribution is 0.116. The average molecular weight is 225 g/mol. The van der Waals surface area contributed by atoms with Gasteiger partial charge in [-0.05, 0) is 27.7 Å². The Morgan fingerprint density at radius 1 is 0.846 bits per heavy atom. The first-order chi connectivity index (χ1) is 5.78. The van der Waals surface area contributed by atoms with E-state index in [4.69, 9.17) is 19.9 Å². The van der Waals surface area contributed by atoms with Gasteiger partial charge in [-0.15, -0.1) is 0 Å². The van der Waals surface area contributed by atoms with Crippen LogP contribution in [0.5, 0.6) is 0 Å². The van der Waals surface area contributed by atoms with Gasteiger partial charge in [-0.3, -0.25) is 0 Å². The summed E-state index contributed by atoms with van der Waals surface area (Å²) < 4.78 is 11.4. The van der Waals surface area contributed by atoms with Gasteiger partial charge in [-0.2, -0.15) is 0 Å². The van der Waals surface area contributed by atoms with E-state index in [0.29, 0.717) is 0 Å². The van der Waals surface area contributed by atoms with E-state index in [9.17, 15) is 0 Å². The third kappa shape index (κ3) is 5.01. The summed E-state index contributed by atoms with van der Waals surface area (Å²) in [5, 5.41) is 0. The Bertz CT molecular complexity index is 139. The zero-order valence-corrected chi connectivity index (χ0v) is 11.2. The van der Waals surface area contributed by atoms with Crippen LogP contribution in [0.15, 0.2) is 0 Å². The topological polar surface area (TPSA) is 18.5 Å². The van der Waals surface area contributed by atoms with Crippen molar-refractivity contribution >= 4 is 18.9 Å². The molecule has 0 fully saturated rings. The lowest BCUT2D eigenvalue weighted by Gasteiger charge is -2.31. The summed E-state index contributed by atoms with van der Waals surface area (Å²) in [4.78, 5) is 0. The molecule has 80 valence electrons. The Balaban J connectivity index is 4.34. The molecule has 0 aromatic heterocycles. The summed E-state index contributed by atoms with van der Waals surface area (Å²) in [6, 6.07) is 0. The van der Waals surface area contributed by atoms with Gasteiger partial charge in [0.1, 0.15) is 0 Å². The van der Waals surface area contributed by atoms with E-state index in [1.807, 2.05) is 41.5 Å². The highest BCUT2D eigenvalue weighted by Crippen LogP contribution is 2.29. The van der Waals surface area contributed by atoms with Gasteiger partial charge < -0.3 is 8.85 Å². The van der Waals surface area contributed by atoms with Crippen LogP contribution in [0.4, 0.5) is 0 Å². The Morgan fingerprint density at radius 2 is 1.15 bits per heavy atom. The van der Waals surface area contributed by atoms with Gasteiger partial charge >= 0.3 is 7.87 Å². The SMILES string of the molecule is CC(C)O[Si](Cl)(OC(C)C)C(C)C. The van der Waals surface area contributed by atoms with E-state index in [0.717, 1.165) is 0 Å². The van der Waals surface area contributed by atoms with Crippen LogP contribution >= 0.6 is 11.1 Å². The maximum atomic E-state index is 6.36. The van der Waals surface area contributed by atoms with Gasteiger partial charge in [0.05, 0.1) is 0 Å². The van der Waals surface area contributed by atoms with Crippen LogP contribution in [0.1, 0.15) is 41.5 Å². The Hall–Kier alpha value is 0.427. The quantitative estimate of drug-likeness (QED) is 0.526. The minimum atomic E-state index is -2.48. The van der Waals surface area contributed by atoms with Crippen molar-refractivity contribution in [3.05, 3.63) is 0 Å². The lowest BCUT2D eigenvalue weighted by Crippen LogP contribution is -2.43. The molecule has 0 aliphatic carbocycles. The van der Waals surface area contributed by atoms with E-state index < -0.39 is 7.87 Å². The molecule has 0 bridgehead atoms. The summed E-state index contributed by atoms with van der Waals surface area (Å²) in [5.74, 6) is 0. The van der Waals surface area contributed by atoms with Crippen molar-refractivity contribution in [3.8, 4) is 0 Å². The number of halogens is 1. The monoisotopic (exact) mass is 224 g/mol. The number of hydrogen-bond acceptors (Lipinski definition) is 2. The van der Waals surface area contributed by atoms with Crippen molar-refractivity contribution in [2.24, 2.45) is 0 Å². The van der Waals surface area contributed by atoms with Crippen molar-refractivity contribution in [3.63, 3.8) is 0 Å². The molecule has 13 heavy (non-hydrogen) atoms. The van der Waals surface area contributed by atoms with E-state index in [2.05, 4.69) is 0 Å². The van der Waals surface area contributed by atoms with Crippen LogP contribution in [0.2, 0.25) is 5.54 Å². The van der Waals surface area contributed by atoms with Crippen LogP contribution in [-0.4, -0.2) is 20.1 Å². The van der Waals surface area contributed by atoms with Crippen LogP contribution in [0.3, 0.4) is 0 Å². The second kappa shape index (κ2) is 5.34. The Morgan fingerprint density at radius 3 is 1.31 bits per heavy atom. The predicted molar refractivity (Wildman–Crippen MR) is 59.1 cm³/mol. The first-order valence-electron chi connectivity index (χ1n) is 4.82. The highest BCUT2D eigenvalue weighted by atomic mass is 35.6. The third-order valence-corrected chi connectivity index (χ3v) is 6.29. The molecular weight excluding hydrogens is 204 g/mol. The molecule has 0 heterocycles. The molecule has 0 aliphatic heterocycles.